The number of esters is 1. The standard InChI is InChI=1S/C16H17FN2O4.C15H14FN3O3.CO2/c1-5-16(18-2,15(21)23-4)9-19-8-10-6-7-11(22-3)13(17)12(10)14(19)20;1-3-15(7-17-14(21)18-15)8-19-6-9-4-5-10(22-2)12(16)11(9)13(19)20;2-1-3/h1,6-7,18H,8-9H2,2-4H3;1,4-5H,6-8H2,2H3,(H2,17,18,21);/t16-;15-;/m10./s1. The second kappa shape index (κ2) is 15.1. The quantitative estimate of drug-likeness (QED) is 0.265. The van der Waals surface area contributed by atoms with E-state index in [9.17, 15) is 28.0 Å². The molecule has 2 aromatic carbocycles. The lowest BCUT2D eigenvalue weighted by molar-refractivity contribution is -0.191. The molecule has 2 aromatic rings. The lowest BCUT2D eigenvalue weighted by Crippen LogP contribution is -2.57. The lowest BCUT2D eigenvalue weighted by atomic mass is 10.0. The molecule has 3 aliphatic rings. The Morgan fingerprint density at radius 3 is 1.85 bits per heavy atom. The van der Waals surface area contributed by atoms with Crippen molar-refractivity contribution in [2.75, 3.05) is 48.0 Å². The zero-order valence-electron chi connectivity index (χ0n) is 26.3. The topological polar surface area (TPSA) is 173 Å². The highest BCUT2D eigenvalue weighted by Gasteiger charge is 2.44. The number of halogens is 2. The van der Waals surface area contributed by atoms with E-state index in [1.807, 2.05) is 0 Å². The Morgan fingerprint density at radius 1 is 0.958 bits per heavy atom. The van der Waals surface area contributed by atoms with Crippen LogP contribution in [0.25, 0.3) is 0 Å². The van der Waals surface area contributed by atoms with Gasteiger partial charge in [0.2, 0.25) is 0 Å². The van der Waals surface area contributed by atoms with Crippen LogP contribution in [-0.4, -0.2) is 98.9 Å². The number of nitrogens with one attached hydrogen (secondary N) is 3. The Bertz CT molecular complexity index is 1750. The molecular formula is C32H31F2N5O9. The van der Waals surface area contributed by atoms with Crippen LogP contribution < -0.4 is 25.4 Å². The van der Waals surface area contributed by atoms with Gasteiger partial charge in [-0.1, -0.05) is 24.0 Å². The maximum absolute atomic E-state index is 14.3. The summed E-state index contributed by atoms with van der Waals surface area (Å²) in [4.78, 5) is 67.2. The van der Waals surface area contributed by atoms with Crippen molar-refractivity contribution in [3.8, 4) is 36.2 Å². The van der Waals surface area contributed by atoms with Gasteiger partial charge >= 0.3 is 18.2 Å². The van der Waals surface area contributed by atoms with Gasteiger partial charge in [-0.05, 0) is 30.3 Å². The normalized spacial score (nSPS) is 18.1. The highest BCUT2D eigenvalue weighted by molar-refractivity contribution is 6.00. The molecule has 2 atom stereocenters. The highest BCUT2D eigenvalue weighted by atomic mass is 19.1. The summed E-state index contributed by atoms with van der Waals surface area (Å²) in [6, 6.07) is 5.83. The second-order valence-electron chi connectivity index (χ2n) is 10.5. The zero-order chi connectivity index (χ0) is 35.8. The van der Waals surface area contributed by atoms with E-state index < -0.39 is 40.5 Å². The minimum Gasteiger partial charge on any atom is -0.494 e. The Hall–Kier alpha value is -5.96. The molecule has 0 radical (unpaired) electrons. The van der Waals surface area contributed by atoms with Crippen molar-refractivity contribution in [1.29, 1.82) is 0 Å². The van der Waals surface area contributed by atoms with Gasteiger partial charge in [-0.25, -0.2) is 18.4 Å². The number of nitrogens with zero attached hydrogens (tertiary/aromatic N) is 2. The van der Waals surface area contributed by atoms with Crippen LogP contribution >= 0.6 is 0 Å². The number of urea groups is 1. The van der Waals surface area contributed by atoms with Crippen molar-refractivity contribution in [3.05, 3.63) is 58.2 Å². The maximum Gasteiger partial charge on any atom is 0.373 e. The number of carbonyl (C=O) groups is 4. The molecule has 0 bridgehead atoms. The third kappa shape index (κ3) is 6.90. The number of amides is 4. The number of carbonyl (C=O) groups excluding carboxylic acids is 6. The first-order valence-corrected chi connectivity index (χ1v) is 13.9. The van der Waals surface area contributed by atoms with Gasteiger partial charge in [0.1, 0.15) is 5.54 Å². The molecule has 1 fully saturated rings. The fraction of sp³-hybridized carbons (Fsp3) is 0.344. The van der Waals surface area contributed by atoms with Crippen molar-refractivity contribution < 1.29 is 51.8 Å². The summed E-state index contributed by atoms with van der Waals surface area (Å²) >= 11 is 0. The van der Waals surface area contributed by atoms with Crippen LogP contribution in [0.15, 0.2) is 24.3 Å². The Labute approximate surface area is 274 Å². The average molecular weight is 668 g/mol. The van der Waals surface area contributed by atoms with E-state index in [-0.39, 0.29) is 67.5 Å². The van der Waals surface area contributed by atoms with Crippen LogP contribution in [-0.2, 0) is 32.2 Å². The summed E-state index contributed by atoms with van der Waals surface area (Å²) in [5.74, 6) is 1.78. The van der Waals surface area contributed by atoms with Gasteiger partial charge in [0.05, 0.1) is 52.1 Å². The highest BCUT2D eigenvalue weighted by Crippen LogP contribution is 2.33. The van der Waals surface area contributed by atoms with Crippen LogP contribution in [0.4, 0.5) is 13.6 Å². The van der Waals surface area contributed by atoms with E-state index in [4.69, 9.17) is 36.6 Å². The van der Waals surface area contributed by atoms with E-state index in [0.29, 0.717) is 11.1 Å². The number of methoxy groups -OCH3 is 3. The Kier molecular flexibility index (Phi) is 11.5. The smallest absolute Gasteiger partial charge is 0.373 e. The Morgan fingerprint density at radius 2 is 1.46 bits per heavy atom. The molecule has 0 unspecified atom stereocenters. The summed E-state index contributed by atoms with van der Waals surface area (Å²) in [6.07, 6.45) is 11.2. The van der Waals surface area contributed by atoms with Crippen LogP contribution in [0, 0.1) is 36.3 Å². The number of fused-ring (bicyclic) bond motifs is 2. The third-order valence-electron chi connectivity index (χ3n) is 7.83. The maximum atomic E-state index is 14.3. The van der Waals surface area contributed by atoms with E-state index in [1.54, 1.807) is 12.1 Å². The molecule has 0 aliphatic carbocycles. The first-order chi connectivity index (χ1) is 22.8. The molecule has 16 heteroatoms. The van der Waals surface area contributed by atoms with E-state index >= 15 is 0 Å². The van der Waals surface area contributed by atoms with Crippen molar-refractivity contribution in [1.82, 2.24) is 25.8 Å². The van der Waals surface area contributed by atoms with Gasteiger partial charge in [-0.3, -0.25) is 14.9 Å². The fourth-order valence-electron chi connectivity index (χ4n) is 5.34. The molecule has 3 N–H and O–H groups in total. The summed E-state index contributed by atoms with van der Waals surface area (Å²) in [7, 11) is 5.36. The van der Waals surface area contributed by atoms with E-state index in [0.717, 1.165) is 0 Å². The van der Waals surface area contributed by atoms with E-state index in [2.05, 4.69) is 27.8 Å². The predicted octanol–water partition coefficient (Wildman–Crippen LogP) is 0.446. The fourth-order valence-corrected chi connectivity index (χ4v) is 5.34. The number of hydrogen-bond donors (Lipinski definition) is 3. The summed E-state index contributed by atoms with van der Waals surface area (Å²) in [5, 5.41) is 7.91. The lowest BCUT2D eigenvalue weighted by Gasteiger charge is -2.29. The summed E-state index contributed by atoms with van der Waals surface area (Å²) < 4.78 is 43.0. The van der Waals surface area contributed by atoms with Crippen molar-refractivity contribution >= 4 is 30.0 Å². The monoisotopic (exact) mass is 667 g/mol. The predicted molar refractivity (Wildman–Crippen MR) is 161 cm³/mol. The molecule has 1 saturated heterocycles. The van der Waals surface area contributed by atoms with Gasteiger partial charge in [0, 0.05) is 13.1 Å². The molecule has 48 heavy (non-hydrogen) atoms. The number of benzene rings is 2. The van der Waals surface area contributed by atoms with Crippen LogP contribution in [0.1, 0.15) is 31.8 Å². The second-order valence-corrected chi connectivity index (χ2v) is 10.5. The number of terminal acetylenes is 2. The molecule has 5 rings (SSSR count). The van der Waals surface area contributed by atoms with Crippen molar-refractivity contribution in [3.63, 3.8) is 0 Å². The zero-order valence-corrected chi connectivity index (χ0v) is 26.3. The van der Waals surface area contributed by atoms with Gasteiger partial charge in [-0.15, -0.1) is 12.8 Å². The molecular weight excluding hydrogens is 636 g/mol. The molecule has 0 aromatic heterocycles. The minimum atomic E-state index is -1.49. The summed E-state index contributed by atoms with van der Waals surface area (Å²) in [6.45, 7) is 0.583. The molecule has 3 aliphatic heterocycles. The average Bonchev–Trinajstić information content (AvgIpc) is 3.73. The van der Waals surface area contributed by atoms with E-state index in [1.165, 1.54) is 50.3 Å². The largest absolute Gasteiger partial charge is 0.494 e. The SMILES string of the molecule is C#C[C@@]1(CN2Cc3ccc(OC)c(F)c3C2=O)CNC(=O)N1.C#C[C@](CN1Cc2ccc(OC)c(F)c2C1=O)(NC)C(=O)OC.O=C=O. The Balaban J connectivity index is 0.000000241. The van der Waals surface area contributed by atoms with Gasteiger partial charge < -0.3 is 34.6 Å². The number of hydrogen-bond acceptors (Lipinski definition) is 10. The molecule has 0 saturated carbocycles. The van der Waals surface area contributed by atoms with Crippen molar-refractivity contribution in [2.45, 2.75) is 24.2 Å². The number of ether oxygens (including phenoxy) is 3. The van der Waals surface area contributed by atoms with Gasteiger partial charge in [-0.2, -0.15) is 9.59 Å². The number of rotatable bonds is 8. The van der Waals surface area contributed by atoms with Crippen LogP contribution in [0.5, 0.6) is 11.5 Å². The third-order valence-corrected chi connectivity index (χ3v) is 7.83. The minimum absolute atomic E-state index is 0.00352. The molecule has 252 valence electrons. The molecule has 3 heterocycles. The van der Waals surface area contributed by atoms with Gasteiger partial charge in [0.15, 0.2) is 28.7 Å². The number of likely N-dealkylation sites (N-methyl/N-ethyl adjacent to an activating group) is 1. The van der Waals surface area contributed by atoms with Gasteiger partial charge in [0.25, 0.3) is 11.8 Å². The first-order valence-electron chi connectivity index (χ1n) is 13.9. The van der Waals surface area contributed by atoms with Crippen LogP contribution in [0.3, 0.4) is 0 Å². The van der Waals surface area contributed by atoms with Crippen molar-refractivity contribution in [2.24, 2.45) is 0 Å². The molecule has 4 amide bonds. The summed E-state index contributed by atoms with van der Waals surface area (Å²) in [5.41, 5.74) is -1.43. The first kappa shape index (κ1) is 36.5. The molecule has 0 spiro atoms. The van der Waals surface area contributed by atoms with Crippen LogP contribution in [0.2, 0.25) is 0 Å². The molecule has 14 nitrogen and oxygen atoms in total.